The van der Waals surface area contributed by atoms with Crippen LogP contribution in [0.5, 0.6) is 0 Å². The van der Waals surface area contributed by atoms with Crippen molar-refractivity contribution in [3.63, 3.8) is 0 Å². The van der Waals surface area contributed by atoms with Crippen molar-refractivity contribution in [2.75, 3.05) is 18.2 Å². The second-order valence-corrected chi connectivity index (χ2v) is 6.43. The van der Waals surface area contributed by atoms with Gasteiger partial charge in [-0.05, 0) is 36.4 Å². The van der Waals surface area contributed by atoms with E-state index in [1.54, 1.807) is 12.1 Å². The zero-order valence-corrected chi connectivity index (χ0v) is 16.1. The summed E-state index contributed by atoms with van der Waals surface area (Å²) in [6.07, 6.45) is 1.39. The summed E-state index contributed by atoms with van der Waals surface area (Å²) in [5.74, 6) is -3.82. The molecule has 0 bridgehead atoms. The number of ether oxygens (including phenoxy) is 1. The molecular formula is C20H13ClF2N4O3. The van der Waals surface area contributed by atoms with Crippen molar-refractivity contribution >= 4 is 34.9 Å². The smallest absolute Gasteiger partial charge is 0.357 e. The molecule has 30 heavy (non-hydrogen) atoms. The summed E-state index contributed by atoms with van der Waals surface area (Å²) in [7, 11) is 1.19. The average molecular weight is 431 g/mol. The third-order valence-corrected chi connectivity index (χ3v) is 4.51. The molecule has 152 valence electrons. The Morgan fingerprint density at radius 1 is 1.20 bits per heavy atom. The van der Waals surface area contributed by atoms with Crippen LogP contribution in [0.15, 0.2) is 42.6 Å². The van der Waals surface area contributed by atoms with Crippen molar-refractivity contribution in [3.8, 4) is 11.8 Å². The number of esters is 1. The summed E-state index contributed by atoms with van der Waals surface area (Å²) >= 11 is 5.81. The molecule has 2 aromatic carbocycles. The number of hydrogen-bond acceptors (Lipinski definition) is 5. The minimum Gasteiger partial charge on any atom is -0.464 e. The molecule has 0 fully saturated rings. The fourth-order valence-corrected chi connectivity index (χ4v) is 2.95. The van der Waals surface area contributed by atoms with Gasteiger partial charge in [0.15, 0.2) is 17.3 Å². The number of nitrogens with zero attached hydrogens (tertiary/aromatic N) is 2. The topological polar surface area (TPSA) is 110 Å². The molecule has 3 N–H and O–H groups in total. The highest BCUT2D eigenvalue weighted by atomic mass is 35.5. The van der Waals surface area contributed by atoms with Gasteiger partial charge in [-0.25, -0.2) is 13.6 Å². The Morgan fingerprint density at radius 3 is 2.43 bits per heavy atom. The Balaban J connectivity index is 1.90. The first kappa shape index (κ1) is 20.8. The lowest BCUT2D eigenvalue weighted by molar-refractivity contribution is 0.0593. The molecule has 0 aliphatic rings. The quantitative estimate of drug-likeness (QED) is 0.481. The lowest BCUT2D eigenvalue weighted by Gasteiger charge is -2.11. The van der Waals surface area contributed by atoms with Crippen LogP contribution >= 0.6 is 11.6 Å². The van der Waals surface area contributed by atoms with Gasteiger partial charge in [-0.1, -0.05) is 11.6 Å². The van der Waals surface area contributed by atoms with Crippen molar-refractivity contribution < 1.29 is 23.1 Å². The van der Waals surface area contributed by atoms with E-state index >= 15 is 0 Å². The molecule has 0 radical (unpaired) electrons. The fraction of sp³-hybridized carbons (Fsp3) is 0.0500. The minimum atomic E-state index is -1.20. The lowest BCUT2D eigenvalue weighted by Crippen LogP contribution is -2.13. The van der Waals surface area contributed by atoms with E-state index in [2.05, 4.69) is 5.32 Å². The molecule has 1 heterocycles. The van der Waals surface area contributed by atoms with E-state index < -0.39 is 23.5 Å². The van der Waals surface area contributed by atoms with Crippen LogP contribution in [0, 0.1) is 23.0 Å². The maximum Gasteiger partial charge on any atom is 0.357 e. The van der Waals surface area contributed by atoms with Gasteiger partial charge < -0.3 is 20.4 Å². The van der Waals surface area contributed by atoms with Crippen LogP contribution < -0.4 is 11.1 Å². The van der Waals surface area contributed by atoms with Gasteiger partial charge in [-0.2, -0.15) is 5.26 Å². The number of hydrogen-bond donors (Lipinski definition) is 2. The first-order valence-electron chi connectivity index (χ1n) is 8.32. The van der Waals surface area contributed by atoms with E-state index in [1.807, 2.05) is 6.07 Å². The van der Waals surface area contributed by atoms with Gasteiger partial charge in [0.1, 0.15) is 6.07 Å². The minimum absolute atomic E-state index is 0.0144. The number of amides is 1. The Morgan fingerprint density at radius 2 is 1.83 bits per heavy atom. The largest absolute Gasteiger partial charge is 0.464 e. The molecule has 1 aromatic heterocycles. The molecule has 3 aromatic rings. The Bertz CT molecular complexity index is 1200. The number of halogens is 3. The van der Waals surface area contributed by atoms with Crippen molar-refractivity contribution in [1.82, 2.24) is 4.57 Å². The predicted octanol–water partition coefficient (Wildman–Crippen LogP) is 3.90. The monoisotopic (exact) mass is 430 g/mol. The van der Waals surface area contributed by atoms with Gasteiger partial charge in [-0.15, -0.1) is 0 Å². The van der Waals surface area contributed by atoms with E-state index in [4.69, 9.17) is 27.3 Å². The highest BCUT2D eigenvalue weighted by molar-refractivity contribution is 6.34. The van der Waals surface area contributed by atoms with Gasteiger partial charge in [0.05, 0.1) is 28.9 Å². The first-order valence-corrected chi connectivity index (χ1v) is 8.70. The van der Waals surface area contributed by atoms with Crippen LogP contribution in [0.4, 0.5) is 20.2 Å². The molecule has 10 heteroatoms. The second kappa shape index (κ2) is 8.23. The maximum absolute atomic E-state index is 13.4. The van der Waals surface area contributed by atoms with E-state index in [0.717, 1.165) is 0 Å². The normalized spacial score (nSPS) is 10.4. The average Bonchev–Trinajstić information content (AvgIpc) is 3.06. The van der Waals surface area contributed by atoms with Gasteiger partial charge in [0.25, 0.3) is 5.91 Å². The number of benzene rings is 2. The highest BCUT2D eigenvalue weighted by Crippen LogP contribution is 2.26. The van der Waals surface area contributed by atoms with Crippen LogP contribution in [-0.2, 0) is 4.74 Å². The molecule has 3 rings (SSSR count). The number of rotatable bonds is 4. The highest BCUT2D eigenvalue weighted by Gasteiger charge is 2.22. The van der Waals surface area contributed by atoms with Crippen molar-refractivity contribution in [2.24, 2.45) is 0 Å². The summed E-state index contributed by atoms with van der Waals surface area (Å²) in [5.41, 5.74) is 6.48. The Kier molecular flexibility index (Phi) is 5.71. The molecule has 0 aliphatic heterocycles. The van der Waals surface area contributed by atoms with Gasteiger partial charge in [0.2, 0.25) is 0 Å². The Hall–Kier alpha value is -3.90. The zero-order valence-electron chi connectivity index (χ0n) is 15.4. The third kappa shape index (κ3) is 3.81. The molecule has 0 saturated heterocycles. The van der Waals surface area contributed by atoms with Crippen molar-refractivity contribution in [2.45, 2.75) is 0 Å². The number of carbonyl (C=O) groups excluding carboxylic acids is 2. The molecule has 0 saturated carbocycles. The molecule has 7 nitrogen and oxygen atoms in total. The summed E-state index contributed by atoms with van der Waals surface area (Å²) in [5, 5.41) is 11.4. The maximum atomic E-state index is 13.4. The van der Waals surface area contributed by atoms with Crippen LogP contribution in [-0.4, -0.2) is 23.6 Å². The van der Waals surface area contributed by atoms with Crippen LogP contribution in [0.1, 0.15) is 26.4 Å². The second-order valence-electron chi connectivity index (χ2n) is 6.03. The lowest BCUT2D eigenvalue weighted by atomic mass is 10.2. The van der Waals surface area contributed by atoms with Crippen LogP contribution in [0.3, 0.4) is 0 Å². The Labute approximate surface area is 174 Å². The van der Waals surface area contributed by atoms with Crippen LogP contribution in [0.2, 0.25) is 5.02 Å². The van der Waals surface area contributed by atoms with E-state index in [0.29, 0.717) is 23.5 Å². The predicted molar refractivity (Wildman–Crippen MR) is 106 cm³/mol. The number of nitriles is 1. The fourth-order valence-electron chi connectivity index (χ4n) is 2.72. The number of nitrogen functional groups attached to an aromatic ring is 1. The number of anilines is 2. The molecular weight excluding hydrogens is 418 g/mol. The number of methoxy groups -OCH3 is 1. The van der Waals surface area contributed by atoms with Crippen LogP contribution in [0.25, 0.3) is 5.69 Å². The van der Waals surface area contributed by atoms with Gasteiger partial charge in [0, 0.05) is 17.6 Å². The number of nitrogens with one attached hydrogen (secondary N) is 1. The standard InChI is InChI=1S/C20H13ClF2N4O3/c1-30-20(29)18-17(25)10(8-24)9-27(18)12-4-2-11(3-5-12)26-19(28)13-6-15(22)16(23)7-14(13)21/h2-7,9H,25H2,1H3,(H,26,28). The number of nitrogens with two attached hydrogens (primary N) is 1. The van der Waals surface area contributed by atoms with E-state index in [9.17, 15) is 18.4 Å². The summed E-state index contributed by atoms with van der Waals surface area (Å²) in [6.45, 7) is 0. The SMILES string of the molecule is COC(=O)c1c(N)c(C#N)cn1-c1ccc(NC(=O)c2cc(F)c(F)cc2Cl)cc1. The molecule has 1 amide bonds. The molecule has 0 atom stereocenters. The van der Waals surface area contributed by atoms with Crippen molar-refractivity contribution in [3.05, 3.63) is 76.1 Å². The zero-order chi connectivity index (χ0) is 22.0. The van der Waals surface area contributed by atoms with Crippen molar-refractivity contribution in [1.29, 1.82) is 5.26 Å². The van der Waals surface area contributed by atoms with E-state index in [1.165, 1.54) is 30.0 Å². The van der Waals surface area contributed by atoms with Gasteiger partial charge >= 0.3 is 5.97 Å². The number of aromatic nitrogens is 1. The summed E-state index contributed by atoms with van der Waals surface area (Å²) < 4.78 is 32.7. The number of carbonyl (C=O) groups is 2. The first-order chi connectivity index (χ1) is 14.3. The molecule has 0 spiro atoms. The third-order valence-electron chi connectivity index (χ3n) is 4.20. The molecule has 0 aliphatic carbocycles. The van der Waals surface area contributed by atoms with Gasteiger partial charge in [-0.3, -0.25) is 4.79 Å². The molecule has 0 unspecified atom stereocenters. The summed E-state index contributed by atoms with van der Waals surface area (Å²) in [6, 6.07) is 9.42. The van der Waals surface area contributed by atoms with E-state index in [-0.39, 0.29) is 27.5 Å². The summed E-state index contributed by atoms with van der Waals surface area (Å²) in [4.78, 5) is 24.4.